The maximum Gasteiger partial charge on any atom is 0.223 e. The van der Waals surface area contributed by atoms with Gasteiger partial charge in [0, 0.05) is 37.6 Å². The van der Waals surface area contributed by atoms with Crippen molar-refractivity contribution in [3.8, 4) is 0 Å². The van der Waals surface area contributed by atoms with Gasteiger partial charge in [-0.3, -0.25) is 9.69 Å². The number of amides is 1. The lowest BCUT2D eigenvalue weighted by molar-refractivity contribution is -0.133. The molecule has 5 heteroatoms. The molecule has 4 atom stereocenters. The number of imidazole rings is 1. The molecule has 3 aliphatic heterocycles. The highest BCUT2D eigenvalue weighted by molar-refractivity contribution is 5.77. The second-order valence-electron chi connectivity index (χ2n) is 13.6. The first-order chi connectivity index (χ1) is 21.0. The predicted molar refractivity (Wildman–Crippen MR) is 174 cm³/mol. The van der Waals surface area contributed by atoms with E-state index in [-0.39, 0.29) is 11.3 Å². The van der Waals surface area contributed by atoms with E-state index >= 15 is 0 Å². The van der Waals surface area contributed by atoms with Gasteiger partial charge in [0.15, 0.2) is 0 Å². The van der Waals surface area contributed by atoms with Crippen LogP contribution in [0.5, 0.6) is 0 Å². The van der Waals surface area contributed by atoms with E-state index < -0.39 is 0 Å². The van der Waals surface area contributed by atoms with E-state index in [1.54, 1.807) is 0 Å². The molecule has 7 rings (SSSR count). The smallest absolute Gasteiger partial charge is 0.223 e. The van der Waals surface area contributed by atoms with Gasteiger partial charge in [0.1, 0.15) is 5.82 Å². The molecule has 0 N–H and O–H groups in total. The minimum atomic E-state index is 0.135. The fourth-order valence-electron chi connectivity index (χ4n) is 8.74. The highest BCUT2D eigenvalue weighted by atomic mass is 16.2. The lowest BCUT2D eigenvalue weighted by atomic mass is 9.70. The Balaban J connectivity index is 1.02. The number of rotatable bonds is 8. The van der Waals surface area contributed by atoms with Gasteiger partial charge < -0.3 is 9.47 Å². The standard InChI is InChI=1S/C38H46N4O/c1-28(30-11-5-3-6-12-30)25-37(43)40-22-19-38(20-23-40,31-13-7-4-8-14-31)21-24-41-32-17-18-33(41)27-34(26-32)42-29(2)39-35-15-9-10-16-36(35)42/h3-16,28,32-34H,17-27H2,1-2H3/t28?,32-,33+,34?. The van der Waals surface area contributed by atoms with Crippen LogP contribution in [0.3, 0.4) is 0 Å². The quantitative estimate of drug-likeness (QED) is 0.217. The topological polar surface area (TPSA) is 41.4 Å². The summed E-state index contributed by atoms with van der Waals surface area (Å²) in [6, 6.07) is 32.1. The van der Waals surface area contributed by atoms with Crippen LogP contribution in [-0.2, 0) is 10.2 Å². The van der Waals surface area contributed by atoms with Gasteiger partial charge in [-0.05, 0) is 93.0 Å². The molecule has 1 aromatic heterocycles. The molecule has 5 nitrogen and oxygen atoms in total. The Morgan fingerprint density at radius 3 is 2.19 bits per heavy atom. The number of carbonyl (C=O) groups is 1. The van der Waals surface area contributed by atoms with Crippen LogP contribution in [-0.4, -0.2) is 57.0 Å². The second-order valence-corrected chi connectivity index (χ2v) is 13.6. The molecule has 0 radical (unpaired) electrons. The molecule has 1 amide bonds. The fourth-order valence-corrected chi connectivity index (χ4v) is 8.74. The highest BCUT2D eigenvalue weighted by Crippen LogP contribution is 2.45. The average molecular weight is 575 g/mol. The number of benzene rings is 3. The summed E-state index contributed by atoms with van der Waals surface area (Å²) >= 11 is 0. The lowest BCUT2D eigenvalue weighted by Gasteiger charge is -2.46. The van der Waals surface area contributed by atoms with Crippen LogP contribution in [0.15, 0.2) is 84.9 Å². The van der Waals surface area contributed by atoms with Gasteiger partial charge in [0.2, 0.25) is 5.91 Å². The number of hydrogen-bond donors (Lipinski definition) is 0. The SMILES string of the molecule is Cc1nc2ccccc2n1C1C[C@H]2CC[C@@H](C1)N2CCC1(c2ccccc2)CCN(C(=O)CC(C)c2ccccc2)CC1. The van der Waals surface area contributed by atoms with Gasteiger partial charge in [0.25, 0.3) is 0 Å². The summed E-state index contributed by atoms with van der Waals surface area (Å²) in [5, 5.41) is 0. The maximum atomic E-state index is 13.4. The molecule has 2 unspecified atom stereocenters. The zero-order valence-corrected chi connectivity index (χ0v) is 25.9. The number of carbonyl (C=O) groups excluding carboxylic acids is 1. The van der Waals surface area contributed by atoms with Crippen molar-refractivity contribution in [1.82, 2.24) is 19.4 Å². The van der Waals surface area contributed by atoms with Crippen molar-refractivity contribution in [3.63, 3.8) is 0 Å². The summed E-state index contributed by atoms with van der Waals surface area (Å²) in [6.07, 6.45) is 8.93. The monoisotopic (exact) mass is 574 g/mol. The third kappa shape index (κ3) is 5.53. The predicted octanol–water partition coefficient (Wildman–Crippen LogP) is 7.66. The Morgan fingerprint density at radius 1 is 0.860 bits per heavy atom. The van der Waals surface area contributed by atoms with E-state index in [0.717, 1.165) is 43.8 Å². The van der Waals surface area contributed by atoms with E-state index in [4.69, 9.17) is 4.98 Å². The van der Waals surface area contributed by atoms with Crippen LogP contribution < -0.4 is 0 Å². The summed E-state index contributed by atoms with van der Waals surface area (Å²) in [6.45, 7) is 7.23. The zero-order chi connectivity index (χ0) is 29.4. The highest BCUT2D eigenvalue weighted by Gasteiger charge is 2.44. The largest absolute Gasteiger partial charge is 0.343 e. The summed E-state index contributed by atoms with van der Waals surface area (Å²) < 4.78 is 2.54. The molecule has 3 aliphatic rings. The van der Waals surface area contributed by atoms with Crippen molar-refractivity contribution in [1.29, 1.82) is 0 Å². The van der Waals surface area contributed by atoms with E-state index in [1.807, 2.05) is 6.07 Å². The van der Waals surface area contributed by atoms with Crippen LogP contribution in [0.4, 0.5) is 0 Å². The van der Waals surface area contributed by atoms with Crippen molar-refractivity contribution in [3.05, 3.63) is 102 Å². The number of aryl methyl sites for hydroxylation is 1. The molecular formula is C38H46N4O. The molecule has 4 heterocycles. The number of piperidine rings is 2. The van der Waals surface area contributed by atoms with E-state index in [9.17, 15) is 4.79 Å². The number of aromatic nitrogens is 2. The van der Waals surface area contributed by atoms with Crippen molar-refractivity contribution in [2.45, 2.75) is 94.7 Å². The third-order valence-electron chi connectivity index (χ3n) is 11.2. The molecule has 3 aromatic carbocycles. The second kappa shape index (κ2) is 11.9. The zero-order valence-electron chi connectivity index (χ0n) is 25.9. The number of hydrogen-bond acceptors (Lipinski definition) is 3. The van der Waals surface area contributed by atoms with Gasteiger partial charge >= 0.3 is 0 Å². The minimum Gasteiger partial charge on any atom is -0.343 e. The molecule has 0 aliphatic carbocycles. The number of likely N-dealkylation sites (tertiary alicyclic amines) is 1. The van der Waals surface area contributed by atoms with Crippen LogP contribution >= 0.6 is 0 Å². The van der Waals surface area contributed by atoms with Gasteiger partial charge in [0.05, 0.1) is 11.0 Å². The van der Waals surface area contributed by atoms with E-state index in [1.165, 1.54) is 48.7 Å². The molecule has 224 valence electrons. The summed E-state index contributed by atoms with van der Waals surface area (Å²) in [5.74, 6) is 1.71. The molecule has 0 saturated carbocycles. The number of fused-ring (bicyclic) bond motifs is 3. The number of para-hydroxylation sites is 2. The molecular weight excluding hydrogens is 528 g/mol. The molecule has 43 heavy (non-hydrogen) atoms. The molecule has 4 aromatic rings. The summed E-state index contributed by atoms with van der Waals surface area (Å²) in [5.41, 5.74) is 5.26. The van der Waals surface area contributed by atoms with Gasteiger partial charge in [-0.1, -0.05) is 79.7 Å². The Kier molecular flexibility index (Phi) is 7.85. The molecule has 3 fully saturated rings. The van der Waals surface area contributed by atoms with E-state index in [2.05, 4.69) is 107 Å². The maximum absolute atomic E-state index is 13.4. The molecule has 2 bridgehead atoms. The summed E-state index contributed by atoms with van der Waals surface area (Å²) in [4.78, 5) is 23.3. The van der Waals surface area contributed by atoms with Crippen molar-refractivity contribution >= 4 is 16.9 Å². The fraction of sp³-hybridized carbons (Fsp3) is 0.474. The minimum absolute atomic E-state index is 0.135. The molecule has 0 spiro atoms. The normalized spacial score (nSPS) is 24.3. The first kappa shape index (κ1) is 28.3. The first-order valence-electron chi connectivity index (χ1n) is 16.6. The Bertz CT molecular complexity index is 1520. The average Bonchev–Trinajstić information content (AvgIpc) is 3.51. The number of nitrogens with zero attached hydrogens (tertiary/aromatic N) is 4. The Hall–Kier alpha value is -3.44. The molecule has 3 saturated heterocycles. The Labute approximate surface area is 256 Å². The third-order valence-corrected chi connectivity index (χ3v) is 11.2. The van der Waals surface area contributed by atoms with Crippen molar-refractivity contribution in [2.75, 3.05) is 19.6 Å². The van der Waals surface area contributed by atoms with E-state index in [0.29, 0.717) is 30.5 Å². The van der Waals surface area contributed by atoms with Crippen molar-refractivity contribution in [2.24, 2.45) is 0 Å². The summed E-state index contributed by atoms with van der Waals surface area (Å²) in [7, 11) is 0. The van der Waals surface area contributed by atoms with Crippen LogP contribution in [0.25, 0.3) is 11.0 Å². The van der Waals surface area contributed by atoms with Crippen LogP contribution in [0.2, 0.25) is 0 Å². The first-order valence-corrected chi connectivity index (χ1v) is 16.6. The van der Waals surface area contributed by atoms with Gasteiger partial charge in [-0.15, -0.1) is 0 Å². The lowest BCUT2D eigenvalue weighted by Crippen LogP contribution is -2.49. The van der Waals surface area contributed by atoms with Crippen LogP contribution in [0, 0.1) is 6.92 Å². The van der Waals surface area contributed by atoms with Gasteiger partial charge in [-0.2, -0.15) is 0 Å². The van der Waals surface area contributed by atoms with Crippen molar-refractivity contribution < 1.29 is 4.79 Å². The van der Waals surface area contributed by atoms with Gasteiger partial charge in [-0.25, -0.2) is 4.98 Å². The van der Waals surface area contributed by atoms with Crippen LogP contribution in [0.1, 0.15) is 87.2 Å². The Morgan fingerprint density at radius 2 is 1.49 bits per heavy atom.